The second-order valence-electron chi connectivity index (χ2n) is 3.01. The average molecular weight is 269 g/mol. The van der Waals surface area contributed by atoms with Gasteiger partial charge in [-0.1, -0.05) is 11.6 Å². The van der Waals surface area contributed by atoms with E-state index < -0.39 is 18.6 Å². The lowest BCUT2D eigenvalue weighted by molar-refractivity contribution is -0.123. The number of nitrogen functional groups attached to an aromatic ring is 1. The van der Waals surface area contributed by atoms with Gasteiger partial charge in [0.2, 0.25) is 0 Å². The van der Waals surface area contributed by atoms with E-state index in [4.69, 9.17) is 17.4 Å². The Labute approximate surface area is 99.1 Å². The first kappa shape index (κ1) is 13.5. The van der Waals surface area contributed by atoms with Crippen molar-refractivity contribution in [2.24, 2.45) is 5.84 Å². The molecule has 1 rings (SSSR count). The Balaban J connectivity index is 2.78. The van der Waals surface area contributed by atoms with Gasteiger partial charge in [-0.3, -0.25) is 4.79 Å². The molecule has 94 valence electrons. The van der Waals surface area contributed by atoms with Crippen LogP contribution in [0.5, 0.6) is 0 Å². The molecule has 17 heavy (non-hydrogen) atoms. The topological polar surface area (TPSA) is 80.0 Å². The number of hydrogen-bond donors (Lipinski definition) is 3. The second-order valence-corrected chi connectivity index (χ2v) is 3.39. The first-order valence-corrected chi connectivity index (χ1v) is 4.69. The number of hydrazine groups is 1. The van der Waals surface area contributed by atoms with E-state index in [-0.39, 0.29) is 16.5 Å². The van der Waals surface area contributed by atoms with E-state index >= 15 is 0 Å². The summed E-state index contributed by atoms with van der Waals surface area (Å²) in [7, 11) is 0. The number of amides is 1. The molecule has 0 aliphatic rings. The minimum absolute atomic E-state index is 0.0578. The first-order chi connectivity index (χ1) is 7.81. The van der Waals surface area contributed by atoms with Gasteiger partial charge in [0, 0.05) is 5.56 Å². The number of nitrogens with one attached hydrogen (secondary N) is 2. The maximum Gasteiger partial charge on any atom is 0.405 e. The van der Waals surface area contributed by atoms with E-state index in [2.05, 4.69) is 10.4 Å². The highest BCUT2D eigenvalue weighted by atomic mass is 35.5. The molecular formula is C8H8ClF3N4O. The summed E-state index contributed by atoms with van der Waals surface area (Å²) < 4.78 is 35.6. The van der Waals surface area contributed by atoms with E-state index in [9.17, 15) is 18.0 Å². The highest BCUT2D eigenvalue weighted by Gasteiger charge is 2.28. The zero-order chi connectivity index (χ0) is 13.1. The molecule has 1 aromatic heterocycles. The molecule has 0 unspecified atom stereocenters. The van der Waals surface area contributed by atoms with Crippen molar-refractivity contribution in [2.45, 2.75) is 6.18 Å². The Bertz CT molecular complexity index is 424. The highest BCUT2D eigenvalue weighted by Crippen LogP contribution is 2.15. The van der Waals surface area contributed by atoms with Gasteiger partial charge in [-0.05, 0) is 12.1 Å². The number of anilines is 1. The number of hydrogen-bond acceptors (Lipinski definition) is 4. The van der Waals surface area contributed by atoms with Crippen LogP contribution in [0, 0.1) is 0 Å². The van der Waals surface area contributed by atoms with Crippen LogP contribution in [0.1, 0.15) is 10.4 Å². The molecule has 0 aliphatic carbocycles. The van der Waals surface area contributed by atoms with Gasteiger partial charge in [0.1, 0.15) is 17.5 Å². The number of aromatic nitrogens is 1. The fourth-order valence-electron chi connectivity index (χ4n) is 0.984. The summed E-state index contributed by atoms with van der Waals surface area (Å²) in [6, 6.07) is 2.31. The summed E-state index contributed by atoms with van der Waals surface area (Å²) in [5.41, 5.74) is 2.07. The van der Waals surface area contributed by atoms with Crippen LogP contribution in [-0.4, -0.2) is 23.6 Å². The summed E-state index contributed by atoms with van der Waals surface area (Å²) in [6.07, 6.45) is -4.47. The van der Waals surface area contributed by atoms with Gasteiger partial charge in [0.25, 0.3) is 5.91 Å². The molecule has 1 heterocycles. The zero-order valence-corrected chi connectivity index (χ0v) is 9.06. The van der Waals surface area contributed by atoms with Gasteiger partial charge in [-0.15, -0.1) is 0 Å². The van der Waals surface area contributed by atoms with Crippen molar-refractivity contribution < 1.29 is 18.0 Å². The predicted molar refractivity (Wildman–Crippen MR) is 55.4 cm³/mol. The van der Waals surface area contributed by atoms with Crippen LogP contribution in [0.2, 0.25) is 5.15 Å². The van der Waals surface area contributed by atoms with Gasteiger partial charge >= 0.3 is 6.18 Å². The number of halogens is 4. The predicted octanol–water partition coefficient (Wildman–Crippen LogP) is 1.31. The van der Waals surface area contributed by atoms with E-state index in [0.29, 0.717) is 0 Å². The minimum Gasteiger partial charge on any atom is -0.343 e. The maximum absolute atomic E-state index is 11.9. The van der Waals surface area contributed by atoms with E-state index in [1.807, 2.05) is 0 Å². The molecule has 0 aliphatic heterocycles. The highest BCUT2D eigenvalue weighted by molar-refractivity contribution is 6.29. The van der Waals surface area contributed by atoms with E-state index in [1.165, 1.54) is 6.07 Å². The van der Waals surface area contributed by atoms with Gasteiger partial charge in [0.05, 0.1) is 0 Å². The number of rotatable bonds is 3. The molecule has 0 spiro atoms. The number of pyridine rings is 1. The minimum atomic E-state index is -4.47. The Hall–Kier alpha value is -1.54. The number of nitrogens with zero attached hydrogens (tertiary/aromatic N) is 1. The molecule has 0 fully saturated rings. The summed E-state index contributed by atoms with van der Waals surface area (Å²) in [4.78, 5) is 15.0. The smallest absolute Gasteiger partial charge is 0.343 e. The molecule has 4 N–H and O–H groups in total. The van der Waals surface area contributed by atoms with Crippen LogP contribution in [0.4, 0.5) is 19.0 Å². The van der Waals surface area contributed by atoms with Crippen LogP contribution < -0.4 is 16.6 Å². The van der Waals surface area contributed by atoms with Gasteiger partial charge < -0.3 is 10.7 Å². The number of carbonyl (C=O) groups is 1. The Morgan fingerprint density at radius 1 is 1.47 bits per heavy atom. The van der Waals surface area contributed by atoms with E-state index in [1.54, 1.807) is 5.32 Å². The Kier molecular flexibility index (Phi) is 4.13. The second kappa shape index (κ2) is 5.19. The molecule has 1 aromatic rings. The van der Waals surface area contributed by atoms with Crippen molar-refractivity contribution in [3.8, 4) is 0 Å². The number of alkyl halides is 3. The van der Waals surface area contributed by atoms with Gasteiger partial charge in [-0.25, -0.2) is 10.8 Å². The summed E-state index contributed by atoms with van der Waals surface area (Å²) >= 11 is 5.55. The first-order valence-electron chi connectivity index (χ1n) is 4.31. The number of nitrogens with two attached hydrogens (primary N) is 1. The standard InChI is InChI=1S/C8H8ClF3N4O/c9-5-1-4(2-6(15-5)16-13)7(17)14-3-8(10,11)12/h1-2H,3,13H2,(H,14,17)(H,15,16). The van der Waals surface area contributed by atoms with Gasteiger partial charge in [0.15, 0.2) is 0 Å². The Morgan fingerprint density at radius 3 is 2.65 bits per heavy atom. The fraction of sp³-hybridized carbons (Fsp3) is 0.250. The van der Waals surface area contributed by atoms with Crippen LogP contribution in [-0.2, 0) is 0 Å². The normalized spacial score (nSPS) is 11.1. The molecular weight excluding hydrogens is 261 g/mol. The molecule has 5 nitrogen and oxygen atoms in total. The van der Waals surface area contributed by atoms with Crippen LogP contribution in [0.15, 0.2) is 12.1 Å². The van der Waals surface area contributed by atoms with Crippen molar-refractivity contribution in [1.82, 2.24) is 10.3 Å². The lowest BCUT2D eigenvalue weighted by Gasteiger charge is -2.09. The van der Waals surface area contributed by atoms with E-state index in [0.717, 1.165) is 6.07 Å². The van der Waals surface area contributed by atoms with Crippen molar-refractivity contribution in [3.63, 3.8) is 0 Å². The third-order valence-corrected chi connectivity index (χ3v) is 1.85. The van der Waals surface area contributed by atoms with Crippen molar-refractivity contribution in [3.05, 3.63) is 22.8 Å². The van der Waals surface area contributed by atoms with Crippen molar-refractivity contribution in [1.29, 1.82) is 0 Å². The van der Waals surface area contributed by atoms with Crippen LogP contribution in [0.3, 0.4) is 0 Å². The fourth-order valence-corrected chi connectivity index (χ4v) is 1.19. The lowest BCUT2D eigenvalue weighted by atomic mass is 10.2. The molecule has 0 atom stereocenters. The maximum atomic E-state index is 11.9. The van der Waals surface area contributed by atoms with Gasteiger partial charge in [-0.2, -0.15) is 13.2 Å². The van der Waals surface area contributed by atoms with Crippen molar-refractivity contribution in [2.75, 3.05) is 12.0 Å². The molecule has 0 aromatic carbocycles. The average Bonchev–Trinajstić information content (AvgIpc) is 2.23. The molecule has 9 heteroatoms. The van der Waals surface area contributed by atoms with Crippen molar-refractivity contribution >= 4 is 23.3 Å². The third kappa shape index (κ3) is 4.45. The molecule has 1 amide bonds. The quantitative estimate of drug-likeness (QED) is 0.439. The summed E-state index contributed by atoms with van der Waals surface area (Å²) in [5.74, 6) is 4.21. The molecule has 0 saturated carbocycles. The summed E-state index contributed by atoms with van der Waals surface area (Å²) in [5, 5.41) is 1.64. The molecule has 0 saturated heterocycles. The largest absolute Gasteiger partial charge is 0.405 e. The molecule has 0 radical (unpaired) electrons. The number of carbonyl (C=O) groups excluding carboxylic acids is 1. The van der Waals surface area contributed by atoms with Crippen LogP contribution >= 0.6 is 11.6 Å². The SMILES string of the molecule is NNc1cc(C(=O)NCC(F)(F)F)cc(Cl)n1. The van der Waals surface area contributed by atoms with Crippen LogP contribution in [0.25, 0.3) is 0 Å². The lowest BCUT2D eigenvalue weighted by Crippen LogP contribution is -2.33. The Morgan fingerprint density at radius 2 is 2.12 bits per heavy atom. The zero-order valence-electron chi connectivity index (χ0n) is 8.31. The third-order valence-electron chi connectivity index (χ3n) is 1.65. The summed E-state index contributed by atoms with van der Waals surface area (Å²) in [6.45, 7) is -1.42. The molecule has 0 bridgehead atoms. The monoisotopic (exact) mass is 268 g/mol.